The predicted octanol–water partition coefficient (Wildman–Crippen LogP) is 3.92. The van der Waals surface area contributed by atoms with E-state index in [1.165, 1.54) is 44.9 Å². The Labute approximate surface area is 76.1 Å². The Balaban J connectivity index is 2.05. The van der Waals surface area contributed by atoms with Gasteiger partial charge in [-0.2, -0.15) is 0 Å². The molecule has 0 amide bonds. The summed E-state index contributed by atoms with van der Waals surface area (Å²) in [5.74, 6) is 2.09. The Morgan fingerprint density at radius 1 is 1.25 bits per heavy atom. The maximum atomic E-state index is 2.50. The van der Waals surface area contributed by atoms with Crippen molar-refractivity contribution in [3.63, 3.8) is 0 Å². The highest BCUT2D eigenvalue weighted by atomic mass is 14.4. The first-order valence-electron chi connectivity index (χ1n) is 5.60. The van der Waals surface area contributed by atoms with E-state index in [1.54, 1.807) is 0 Å². The molecule has 0 aromatic rings. The van der Waals surface area contributed by atoms with E-state index in [0.29, 0.717) is 0 Å². The molecule has 0 saturated heterocycles. The fraction of sp³-hybridized carbons (Fsp3) is 0.833. The largest absolute Gasteiger partial charge is 0.0853 e. The highest BCUT2D eigenvalue weighted by Gasteiger charge is 2.32. The summed E-state index contributed by atoms with van der Waals surface area (Å²) in [4.78, 5) is 0. The van der Waals surface area contributed by atoms with Gasteiger partial charge in [0.1, 0.15) is 0 Å². The number of fused-ring (bicyclic) bond motifs is 1. The number of hydrogen-bond donors (Lipinski definition) is 0. The van der Waals surface area contributed by atoms with Crippen molar-refractivity contribution in [3.05, 3.63) is 11.6 Å². The van der Waals surface area contributed by atoms with Gasteiger partial charge < -0.3 is 0 Å². The highest BCUT2D eigenvalue weighted by Crippen LogP contribution is 2.45. The van der Waals surface area contributed by atoms with Crippen LogP contribution in [0, 0.1) is 11.8 Å². The van der Waals surface area contributed by atoms with Crippen LogP contribution in [0.4, 0.5) is 0 Å². The Morgan fingerprint density at radius 2 is 2.08 bits per heavy atom. The van der Waals surface area contributed by atoms with Crippen molar-refractivity contribution in [2.75, 3.05) is 0 Å². The monoisotopic (exact) mass is 164 g/mol. The van der Waals surface area contributed by atoms with Gasteiger partial charge in [-0.15, -0.1) is 0 Å². The normalized spacial score (nSPS) is 38.6. The molecule has 0 heteroatoms. The molecule has 2 rings (SSSR count). The van der Waals surface area contributed by atoms with Gasteiger partial charge in [0.2, 0.25) is 0 Å². The Bertz CT molecular complexity index is 178. The molecule has 0 nitrogen and oxygen atoms in total. The van der Waals surface area contributed by atoms with Gasteiger partial charge in [0, 0.05) is 0 Å². The first-order chi connectivity index (χ1) is 5.92. The lowest BCUT2D eigenvalue weighted by Crippen LogP contribution is -2.14. The number of allylic oxidation sites excluding steroid dienone is 2. The smallest absolute Gasteiger partial charge is 0.0175 e. The predicted molar refractivity (Wildman–Crippen MR) is 53.1 cm³/mol. The molecule has 2 aliphatic carbocycles. The topological polar surface area (TPSA) is 0 Å². The van der Waals surface area contributed by atoms with Crippen LogP contribution in [0.15, 0.2) is 11.6 Å². The Hall–Kier alpha value is -0.260. The molecule has 0 heterocycles. The molecule has 0 N–H and O–H groups in total. The highest BCUT2D eigenvalue weighted by molar-refractivity contribution is 5.14. The maximum Gasteiger partial charge on any atom is -0.0175 e. The molecule has 0 spiro atoms. The second-order valence-corrected chi connectivity index (χ2v) is 4.38. The standard InChI is InChI=1S/C12H20/c1-2-5-10-8-9-11-6-3-4-7-12(10)11/h5,11-12H,2-4,6-9H2,1H3. The zero-order chi connectivity index (χ0) is 8.39. The first kappa shape index (κ1) is 8.34. The third kappa shape index (κ3) is 1.44. The summed E-state index contributed by atoms with van der Waals surface area (Å²) in [6.45, 7) is 2.27. The average molecular weight is 164 g/mol. The van der Waals surface area contributed by atoms with Crippen molar-refractivity contribution < 1.29 is 0 Å². The maximum absolute atomic E-state index is 2.50. The van der Waals surface area contributed by atoms with Gasteiger partial charge in [0.25, 0.3) is 0 Å². The molecule has 68 valence electrons. The van der Waals surface area contributed by atoms with Crippen LogP contribution >= 0.6 is 0 Å². The third-order valence-corrected chi connectivity index (χ3v) is 3.66. The summed E-state index contributed by atoms with van der Waals surface area (Å²) in [5.41, 5.74) is 1.81. The van der Waals surface area contributed by atoms with Gasteiger partial charge in [0.05, 0.1) is 0 Å². The third-order valence-electron chi connectivity index (χ3n) is 3.66. The second kappa shape index (κ2) is 3.64. The molecule has 2 atom stereocenters. The minimum absolute atomic E-state index is 1.01. The van der Waals surface area contributed by atoms with Crippen LogP contribution in [0.1, 0.15) is 51.9 Å². The van der Waals surface area contributed by atoms with Crippen molar-refractivity contribution in [2.24, 2.45) is 11.8 Å². The van der Waals surface area contributed by atoms with E-state index in [4.69, 9.17) is 0 Å². The lowest BCUT2D eigenvalue weighted by molar-refractivity contribution is 0.302. The zero-order valence-corrected chi connectivity index (χ0v) is 8.18. The summed E-state index contributed by atoms with van der Waals surface area (Å²) < 4.78 is 0. The summed E-state index contributed by atoms with van der Waals surface area (Å²) in [7, 11) is 0. The van der Waals surface area contributed by atoms with Crippen molar-refractivity contribution >= 4 is 0 Å². The SMILES string of the molecule is CCC=C1CCC2CCCCC12. The van der Waals surface area contributed by atoms with Crippen molar-refractivity contribution in [1.82, 2.24) is 0 Å². The fourth-order valence-electron chi connectivity index (χ4n) is 3.09. The van der Waals surface area contributed by atoms with E-state index < -0.39 is 0 Å². The van der Waals surface area contributed by atoms with Gasteiger partial charge in [-0.05, 0) is 43.9 Å². The molecule has 0 aromatic heterocycles. The molecule has 2 aliphatic rings. The molecule has 0 aromatic carbocycles. The van der Waals surface area contributed by atoms with Crippen molar-refractivity contribution in [1.29, 1.82) is 0 Å². The van der Waals surface area contributed by atoms with Crippen LogP contribution in [-0.2, 0) is 0 Å². The zero-order valence-electron chi connectivity index (χ0n) is 8.18. The number of rotatable bonds is 1. The number of hydrogen-bond acceptors (Lipinski definition) is 0. The van der Waals surface area contributed by atoms with E-state index >= 15 is 0 Å². The van der Waals surface area contributed by atoms with E-state index in [-0.39, 0.29) is 0 Å². The summed E-state index contributed by atoms with van der Waals surface area (Å²) in [6, 6.07) is 0. The summed E-state index contributed by atoms with van der Waals surface area (Å²) in [6.07, 6.45) is 12.7. The van der Waals surface area contributed by atoms with Crippen LogP contribution in [0.25, 0.3) is 0 Å². The van der Waals surface area contributed by atoms with Crippen LogP contribution in [-0.4, -0.2) is 0 Å². The van der Waals surface area contributed by atoms with Crippen LogP contribution in [0.3, 0.4) is 0 Å². The van der Waals surface area contributed by atoms with Gasteiger partial charge in [-0.25, -0.2) is 0 Å². The summed E-state index contributed by atoms with van der Waals surface area (Å²) in [5, 5.41) is 0. The van der Waals surface area contributed by atoms with Crippen LogP contribution in [0.2, 0.25) is 0 Å². The van der Waals surface area contributed by atoms with Crippen molar-refractivity contribution in [3.8, 4) is 0 Å². The molecule has 2 unspecified atom stereocenters. The molecule has 0 radical (unpaired) electrons. The van der Waals surface area contributed by atoms with Gasteiger partial charge >= 0.3 is 0 Å². The lowest BCUT2D eigenvalue weighted by atomic mass is 9.80. The molecule has 12 heavy (non-hydrogen) atoms. The Kier molecular flexibility index (Phi) is 2.53. The molecule has 2 saturated carbocycles. The van der Waals surface area contributed by atoms with Gasteiger partial charge in [-0.3, -0.25) is 0 Å². The van der Waals surface area contributed by atoms with E-state index in [2.05, 4.69) is 13.0 Å². The quantitative estimate of drug-likeness (QED) is 0.515. The first-order valence-corrected chi connectivity index (χ1v) is 5.60. The van der Waals surface area contributed by atoms with E-state index in [9.17, 15) is 0 Å². The molecule has 2 fully saturated rings. The minimum atomic E-state index is 1.01. The van der Waals surface area contributed by atoms with Gasteiger partial charge in [0.15, 0.2) is 0 Å². The molecule has 0 bridgehead atoms. The second-order valence-electron chi connectivity index (χ2n) is 4.38. The van der Waals surface area contributed by atoms with Crippen LogP contribution < -0.4 is 0 Å². The molecular weight excluding hydrogens is 144 g/mol. The fourth-order valence-corrected chi connectivity index (χ4v) is 3.09. The van der Waals surface area contributed by atoms with Gasteiger partial charge in [-0.1, -0.05) is 31.4 Å². The minimum Gasteiger partial charge on any atom is -0.0853 e. The van der Waals surface area contributed by atoms with Crippen LogP contribution in [0.5, 0.6) is 0 Å². The van der Waals surface area contributed by atoms with Crippen molar-refractivity contribution in [2.45, 2.75) is 51.9 Å². The summed E-state index contributed by atoms with van der Waals surface area (Å²) >= 11 is 0. The molecule has 0 aliphatic heterocycles. The lowest BCUT2D eigenvalue weighted by Gasteiger charge is -2.25. The van der Waals surface area contributed by atoms with E-state index in [0.717, 1.165) is 11.8 Å². The Morgan fingerprint density at radius 3 is 2.92 bits per heavy atom. The average Bonchev–Trinajstić information content (AvgIpc) is 2.50. The molecular formula is C12H20. The van der Waals surface area contributed by atoms with E-state index in [1.807, 2.05) is 5.57 Å².